The second kappa shape index (κ2) is 10.8. The van der Waals surface area contributed by atoms with Crippen LogP contribution in [0.2, 0.25) is 0 Å². The van der Waals surface area contributed by atoms with E-state index in [1.54, 1.807) is 4.90 Å². The molecular weight excluding hydrogens is 474 g/mol. The van der Waals surface area contributed by atoms with Gasteiger partial charge in [-0.3, -0.25) is 14.5 Å². The van der Waals surface area contributed by atoms with Gasteiger partial charge in [0.25, 0.3) is 5.91 Å². The zero-order chi connectivity index (χ0) is 24.2. The maximum atomic E-state index is 13.2. The number of likely N-dealkylation sites (tertiary alicyclic amines) is 1. The van der Waals surface area contributed by atoms with Gasteiger partial charge in [0.1, 0.15) is 10.9 Å². The summed E-state index contributed by atoms with van der Waals surface area (Å²) in [4.78, 5) is 30.6. The van der Waals surface area contributed by atoms with E-state index >= 15 is 0 Å². The summed E-state index contributed by atoms with van der Waals surface area (Å²) >= 11 is 6.89. The van der Waals surface area contributed by atoms with Gasteiger partial charge in [-0.2, -0.15) is 0 Å². The number of hydrogen-bond acceptors (Lipinski definition) is 4. The highest BCUT2D eigenvalue weighted by atomic mass is 32.2. The highest BCUT2D eigenvalue weighted by Crippen LogP contribution is 2.34. The van der Waals surface area contributed by atoms with Gasteiger partial charge >= 0.3 is 0 Å². The summed E-state index contributed by atoms with van der Waals surface area (Å²) in [7, 11) is 0. The lowest BCUT2D eigenvalue weighted by Crippen LogP contribution is -2.34. The molecule has 0 saturated carbocycles. The first-order valence-corrected chi connectivity index (χ1v) is 13.5. The van der Waals surface area contributed by atoms with Crippen LogP contribution in [0.25, 0.3) is 17.0 Å². The van der Waals surface area contributed by atoms with Crippen molar-refractivity contribution in [1.82, 2.24) is 14.4 Å². The summed E-state index contributed by atoms with van der Waals surface area (Å²) in [6, 6.07) is 18.2. The van der Waals surface area contributed by atoms with Crippen molar-refractivity contribution in [1.29, 1.82) is 0 Å². The SMILES string of the molecule is O=C(Cn1cc(/C=C2\SC(=S)N(CCc3ccccc3)C2=O)c2ccccc21)N1CCCCCC1. The van der Waals surface area contributed by atoms with E-state index in [4.69, 9.17) is 12.2 Å². The minimum Gasteiger partial charge on any atom is -0.341 e. The molecular formula is C28H29N3O2S2. The molecule has 180 valence electrons. The summed E-state index contributed by atoms with van der Waals surface area (Å²) in [6.45, 7) is 2.57. The van der Waals surface area contributed by atoms with Gasteiger partial charge in [0.15, 0.2) is 0 Å². The zero-order valence-corrected chi connectivity index (χ0v) is 21.3. The lowest BCUT2D eigenvalue weighted by Gasteiger charge is -2.20. The number of thioether (sulfide) groups is 1. The molecule has 0 bridgehead atoms. The van der Waals surface area contributed by atoms with Crippen molar-refractivity contribution in [3.05, 3.63) is 76.8 Å². The van der Waals surface area contributed by atoms with E-state index in [1.165, 1.54) is 30.2 Å². The molecule has 0 spiro atoms. The van der Waals surface area contributed by atoms with Crippen LogP contribution in [-0.2, 0) is 22.6 Å². The molecule has 2 fully saturated rings. The largest absolute Gasteiger partial charge is 0.341 e. The molecule has 5 rings (SSSR count). The molecule has 2 saturated heterocycles. The molecule has 3 heterocycles. The number of fused-ring (bicyclic) bond motifs is 1. The standard InChI is InChI=1S/C28H29N3O2S2/c32-26(29-15-8-1-2-9-16-29)20-30-19-22(23-12-6-7-13-24(23)30)18-25-27(33)31(28(34)35-25)17-14-21-10-4-3-5-11-21/h3-7,10-13,18-19H,1-2,8-9,14-17,20H2/b25-18-. The predicted molar refractivity (Wildman–Crippen MR) is 147 cm³/mol. The quantitative estimate of drug-likeness (QED) is 0.330. The van der Waals surface area contributed by atoms with Gasteiger partial charge in [-0.25, -0.2) is 0 Å². The number of thiocarbonyl (C=S) groups is 1. The van der Waals surface area contributed by atoms with E-state index in [-0.39, 0.29) is 11.8 Å². The third-order valence-corrected chi connectivity index (χ3v) is 8.09. The highest BCUT2D eigenvalue weighted by molar-refractivity contribution is 8.26. The Hall–Kier alpha value is -2.90. The second-order valence-electron chi connectivity index (χ2n) is 9.09. The fraction of sp³-hybridized carbons (Fsp3) is 0.321. The first-order chi connectivity index (χ1) is 17.1. The molecule has 3 aromatic rings. The van der Waals surface area contributed by atoms with Crippen molar-refractivity contribution in [2.24, 2.45) is 0 Å². The number of nitrogens with zero attached hydrogens (tertiary/aromatic N) is 3. The molecule has 2 aromatic carbocycles. The molecule has 0 radical (unpaired) electrons. The third kappa shape index (κ3) is 5.36. The monoisotopic (exact) mass is 503 g/mol. The summed E-state index contributed by atoms with van der Waals surface area (Å²) in [5.74, 6) is 0.111. The van der Waals surface area contributed by atoms with Crippen LogP contribution in [-0.4, -0.2) is 50.1 Å². The van der Waals surface area contributed by atoms with Crippen molar-refractivity contribution < 1.29 is 9.59 Å². The maximum absolute atomic E-state index is 13.2. The fourth-order valence-corrected chi connectivity index (χ4v) is 6.11. The number of carbonyl (C=O) groups excluding carboxylic acids is 2. The van der Waals surface area contributed by atoms with E-state index in [0.29, 0.717) is 22.3 Å². The van der Waals surface area contributed by atoms with Crippen LogP contribution < -0.4 is 0 Å². The fourth-order valence-electron chi connectivity index (χ4n) is 4.81. The Balaban J connectivity index is 1.36. The number of amides is 2. The summed E-state index contributed by atoms with van der Waals surface area (Å²) in [5, 5.41) is 1.03. The Morgan fingerprint density at radius 2 is 1.69 bits per heavy atom. The minimum atomic E-state index is -0.0478. The van der Waals surface area contributed by atoms with Crippen LogP contribution in [0.3, 0.4) is 0 Å². The first-order valence-electron chi connectivity index (χ1n) is 12.2. The van der Waals surface area contributed by atoms with Crippen LogP contribution >= 0.6 is 24.0 Å². The first kappa shape index (κ1) is 23.8. The van der Waals surface area contributed by atoms with E-state index in [2.05, 4.69) is 12.1 Å². The van der Waals surface area contributed by atoms with Crippen molar-refractivity contribution >= 4 is 57.1 Å². The zero-order valence-electron chi connectivity index (χ0n) is 19.7. The molecule has 1 aromatic heterocycles. The van der Waals surface area contributed by atoms with Crippen LogP contribution in [0.15, 0.2) is 65.7 Å². The van der Waals surface area contributed by atoms with Crippen molar-refractivity contribution in [2.75, 3.05) is 19.6 Å². The molecule has 2 aliphatic rings. The average molecular weight is 504 g/mol. The van der Waals surface area contributed by atoms with E-state index in [0.717, 1.165) is 48.8 Å². The number of benzene rings is 2. The average Bonchev–Trinajstić information content (AvgIpc) is 3.18. The molecule has 0 atom stereocenters. The molecule has 0 aliphatic carbocycles. The predicted octanol–water partition coefficient (Wildman–Crippen LogP) is 5.49. The summed E-state index contributed by atoms with van der Waals surface area (Å²) in [6.07, 6.45) is 9.24. The molecule has 35 heavy (non-hydrogen) atoms. The molecule has 0 N–H and O–H groups in total. The Kier molecular flexibility index (Phi) is 7.35. The van der Waals surface area contributed by atoms with Crippen LogP contribution in [0.1, 0.15) is 36.8 Å². The molecule has 2 aliphatic heterocycles. The molecule has 0 unspecified atom stereocenters. The Morgan fingerprint density at radius 1 is 0.971 bits per heavy atom. The second-order valence-corrected chi connectivity index (χ2v) is 10.8. The minimum absolute atomic E-state index is 0.0478. The maximum Gasteiger partial charge on any atom is 0.266 e. The van der Waals surface area contributed by atoms with Crippen molar-refractivity contribution in [3.8, 4) is 0 Å². The number of carbonyl (C=O) groups is 2. The van der Waals surface area contributed by atoms with Gasteiger partial charge in [0.2, 0.25) is 5.91 Å². The number of aromatic nitrogens is 1. The van der Waals surface area contributed by atoms with Crippen LogP contribution in [0.5, 0.6) is 0 Å². The van der Waals surface area contributed by atoms with Crippen molar-refractivity contribution in [2.45, 2.75) is 38.6 Å². The highest BCUT2D eigenvalue weighted by Gasteiger charge is 2.32. The number of rotatable bonds is 6. The van der Waals surface area contributed by atoms with Gasteiger partial charge in [0.05, 0.1) is 4.91 Å². The summed E-state index contributed by atoms with van der Waals surface area (Å²) in [5.41, 5.74) is 3.12. The Labute approximate surface area is 215 Å². The smallest absolute Gasteiger partial charge is 0.266 e. The van der Waals surface area contributed by atoms with Crippen LogP contribution in [0, 0.1) is 0 Å². The number of hydrogen-bond donors (Lipinski definition) is 0. The Morgan fingerprint density at radius 3 is 2.46 bits per heavy atom. The van der Waals surface area contributed by atoms with E-state index in [9.17, 15) is 9.59 Å². The van der Waals surface area contributed by atoms with E-state index < -0.39 is 0 Å². The normalized spacial score (nSPS) is 18.0. The lowest BCUT2D eigenvalue weighted by atomic mass is 10.1. The van der Waals surface area contributed by atoms with Gasteiger partial charge in [0, 0.05) is 42.3 Å². The van der Waals surface area contributed by atoms with Gasteiger partial charge in [-0.1, -0.05) is 85.4 Å². The van der Waals surface area contributed by atoms with Crippen LogP contribution in [0.4, 0.5) is 0 Å². The topological polar surface area (TPSA) is 45.6 Å². The molecule has 7 heteroatoms. The van der Waals surface area contributed by atoms with Gasteiger partial charge in [-0.05, 0) is 37.0 Å². The lowest BCUT2D eigenvalue weighted by molar-refractivity contribution is -0.131. The van der Waals surface area contributed by atoms with Gasteiger partial charge in [-0.15, -0.1) is 0 Å². The third-order valence-electron chi connectivity index (χ3n) is 6.71. The summed E-state index contributed by atoms with van der Waals surface area (Å²) < 4.78 is 2.61. The van der Waals surface area contributed by atoms with E-state index in [1.807, 2.05) is 64.2 Å². The molecule has 2 amide bonds. The number of para-hydroxylation sites is 1. The molecule has 5 nitrogen and oxygen atoms in total. The van der Waals surface area contributed by atoms with Gasteiger partial charge < -0.3 is 9.47 Å². The Bertz CT molecular complexity index is 1270. The van der Waals surface area contributed by atoms with Crippen molar-refractivity contribution in [3.63, 3.8) is 0 Å².